The quantitative estimate of drug-likeness (QED) is 0.882. The second kappa shape index (κ2) is 7.89. The first-order valence-corrected chi connectivity index (χ1v) is 9.83. The van der Waals surface area contributed by atoms with Crippen molar-refractivity contribution < 1.29 is 14.3 Å². The van der Waals surface area contributed by atoms with Crippen molar-refractivity contribution in [3.63, 3.8) is 0 Å². The van der Waals surface area contributed by atoms with Crippen molar-refractivity contribution in [2.45, 2.75) is 19.4 Å². The first kappa shape index (κ1) is 18.9. The van der Waals surface area contributed by atoms with E-state index in [1.807, 2.05) is 30.3 Å². The Morgan fingerprint density at radius 1 is 1.07 bits per heavy atom. The van der Waals surface area contributed by atoms with Crippen molar-refractivity contribution in [1.82, 2.24) is 4.90 Å². The van der Waals surface area contributed by atoms with Gasteiger partial charge in [-0.1, -0.05) is 12.1 Å². The Balaban J connectivity index is 1.34. The molecule has 0 spiro atoms. The highest BCUT2D eigenvalue weighted by molar-refractivity contribution is 5.93. The summed E-state index contributed by atoms with van der Waals surface area (Å²) in [5, 5.41) is 10.7. The molecule has 0 radical (unpaired) electrons. The summed E-state index contributed by atoms with van der Waals surface area (Å²) in [5.74, 6) is -0.155. The van der Waals surface area contributed by atoms with Gasteiger partial charge in [0, 0.05) is 57.6 Å². The maximum absolute atomic E-state index is 13.1. The summed E-state index contributed by atoms with van der Waals surface area (Å²) in [5.41, 5.74) is 4.05. The van der Waals surface area contributed by atoms with Crippen LogP contribution in [0.1, 0.15) is 24.2 Å². The van der Waals surface area contributed by atoms with Crippen molar-refractivity contribution >= 4 is 17.3 Å². The summed E-state index contributed by atoms with van der Waals surface area (Å²) in [6.45, 7) is 6.33. The zero-order valence-electron chi connectivity index (χ0n) is 16.1. The third kappa shape index (κ3) is 3.88. The van der Waals surface area contributed by atoms with Gasteiger partial charge in [0.2, 0.25) is 5.91 Å². The molecule has 2 aliphatic heterocycles. The van der Waals surface area contributed by atoms with E-state index in [1.165, 1.54) is 12.1 Å². The van der Waals surface area contributed by atoms with Gasteiger partial charge < -0.3 is 14.9 Å². The molecule has 0 bridgehead atoms. The molecule has 5 nitrogen and oxygen atoms in total. The lowest BCUT2D eigenvalue weighted by Gasteiger charge is -2.37. The molecule has 2 aromatic carbocycles. The number of carbonyl (C=O) groups excluding carboxylic acids is 1. The predicted molar refractivity (Wildman–Crippen MR) is 108 cm³/mol. The summed E-state index contributed by atoms with van der Waals surface area (Å²) in [7, 11) is 0. The second-order valence-corrected chi connectivity index (χ2v) is 7.59. The molecule has 1 N–H and O–H groups in total. The molecule has 4 rings (SSSR count). The number of carbonyl (C=O) groups is 1. The van der Waals surface area contributed by atoms with Gasteiger partial charge in [-0.2, -0.15) is 0 Å². The minimum atomic E-state index is -0.547. The van der Waals surface area contributed by atoms with Crippen LogP contribution in [0.3, 0.4) is 0 Å². The Morgan fingerprint density at radius 3 is 2.46 bits per heavy atom. The molecule has 0 aromatic heterocycles. The molecule has 0 saturated carbocycles. The Kier molecular flexibility index (Phi) is 5.33. The maximum atomic E-state index is 13.1. The summed E-state index contributed by atoms with van der Waals surface area (Å²) in [4.78, 5) is 18.0. The van der Waals surface area contributed by atoms with Crippen LogP contribution in [0.4, 0.5) is 15.8 Å². The van der Waals surface area contributed by atoms with Gasteiger partial charge in [-0.25, -0.2) is 4.39 Å². The molecule has 6 heteroatoms. The van der Waals surface area contributed by atoms with Crippen molar-refractivity contribution in [3.8, 4) is 0 Å². The molecular weight excluding hydrogens is 357 g/mol. The molecule has 1 amide bonds. The number of hydrogen-bond donors (Lipinski definition) is 1. The first-order valence-electron chi connectivity index (χ1n) is 9.83. The van der Waals surface area contributed by atoms with E-state index in [9.17, 15) is 14.3 Å². The van der Waals surface area contributed by atoms with Crippen molar-refractivity contribution in [2.75, 3.05) is 49.1 Å². The lowest BCUT2D eigenvalue weighted by molar-refractivity contribution is -0.116. The van der Waals surface area contributed by atoms with E-state index < -0.39 is 6.10 Å². The van der Waals surface area contributed by atoms with Crippen LogP contribution in [0.15, 0.2) is 42.5 Å². The van der Waals surface area contributed by atoms with Crippen LogP contribution >= 0.6 is 0 Å². The number of piperazine rings is 1. The maximum Gasteiger partial charge on any atom is 0.223 e. The molecule has 1 unspecified atom stereocenters. The van der Waals surface area contributed by atoms with Crippen molar-refractivity contribution in [2.24, 2.45) is 0 Å². The van der Waals surface area contributed by atoms with Gasteiger partial charge in [-0.3, -0.25) is 9.69 Å². The Labute approximate surface area is 165 Å². The van der Waals surface area contributed by atoms with E-state index in [1.54, 1.807) is 11.8 Å². The number of aliphatic hydroxyl groups excluding tert-OH is 1. The van der Waals surface area contributed by atoms with E-state index in [0.717, 1.165) is 61.6 Å². The lowest BCUT2D eigenvalue weighted by Crippen LogP contribution is -2.47. The fourth-order valence-corrected chi connectivity index (χ4v) is 4.15. The van der Waals surface area contributed by atoms with Gasteiger partial charge in [0.1, 0.15) is 5.82 Å². The molecule has 28 heavy (non-hydrogen) atoms. The minimum Gasteiger partial charge on any atom is -0.387 e. The first-order chi connectivity index (χ1) is 13.5. The van der Waals surface area contributed by atoms with E-state index in [4.69, 9.17) is 0 Å². The molecular formula is C22H26FN3O2. The summed E-state index contributed by atoms with van der Waals surface area (Å²) < 4.78 is 13.1. The zero-order chi connectivity index (χ0) is 19.7. The smallest absolute Gasteiger partial charge is 0.223 e. The summed E-state index contributed by atoms with van der Waals surface area (Å²) >= 11 is 0. The summed E-state index contributed by atoms with van der Waals surface area (Å²) in [6.07, 6.45) is 0.292. The number of rotatable bonds is 4. The second-order valence-electron chi connectivity index (χ2n) is 7.59. The number of β-amino-alcohol motifs (C(OH)–C–C–N with tert-alkyl or cyclic N) is 1. The highest BCUT2D eigenvalue weighted by Gasteiger charge is 2.24. The number of nitrogens with zero attached hydrogens (tertiary/aromatic N) is 3. The van der Waals surface area contributed by atoms with Crippen LogP contribution in [-0.2, 0) is 11.2 Å². The number of aliphatic hydroxyl groups is 1. The van der Waals surface area contributed by atoms with Crippen LogP contribution in [0.2, 0.25) is 0 Å². The van der Waals surface area contributed by atoms with Crippen LogP contribution in [0, 0.1) is 5.82 Å². The third-order valence-electron chi connectivity index (χ3n) is 5.76. The molecule has 148 valence electrons. The fraction of sp³-hybridized carbons (Fsp3) is 0.409. The lowest BCUT2D eigenvalue weighted by atomic mass is 10.0. The normalized spacial score (nSPS) is 18.2. The SMILES string of the molecule is CC(=O)N1CCc2cc(C(O)CN3CCN(c4ccc(F)cc4)CC3)ccc21. The van der Waals surface area contributed by atoms with Crippen LogP contribution in [-0.4, -0.2) is 55.2 Å². The van der Waals surface area contributed by atoms with Gasteiger partial charge >= 0.3 is 0 Å². The Bertz CT molecular complexity index is 847. The Hall–Kier alpha value is -2.44. The number of benzene rings is 2. The molecule has 2 heterocycles. The molecule has 0 aliphatic carbocycles. The average Bonchev–Trinajstić information content (AvgIpc) is 3.13. The standard InChI is InChI=1S/C22H26FN3O2/c1-16(27)26-9-8-17-14-18(2-7-21(17)26)22(28)15-24-10-12-25(13-11-24)20-5-3-19(23)4-6-20/h2-7,14,22,28H,8-13,15H2,1H3. The topological polar surface area (TPSA) is 47.0 Å². The highest BCUT2D eigenvalue weighted by Crippen LogP contribution is 2.31. The third-order valence-corrected chi connectivity index (χ3v) is 5.76. The van der Waals surface area contributed by atoms with Gasteiger partial charge in [0.05, 0.1) is 6.10 Å². The van der Waals surface area contributed by atoms with Crippen LogP contribution < -0.4 is 9.80 Å². The van der Waals surface area contributed by atoms with Crippen LogP contribution in [0.25, 0.3) is 0 Å². The fourth-order valence-electron chi connectivity index (χ4n) is 4.15. The minimum absolute atomic E-state index is 0.0612. The number of halogens is 1. The van der Waals surface area contributed by atoms with Gasteiger partial charge in [-0.15, -0.1) is 0 Å². The Morgan fingerprint density at radius 2 is 1.79 bits per heavy atom. The number of fused-ring (bicyclic) bond motifs is 1. The average molecular weight is 383 g/mol. The molecule has 1 atom stereocenters. The molecule has 1 saturated heterocycles. The number of amides is 1. The summed E-state index contributed by atoms with van der Waals surface area (Å²) in [6, 6.07) is 12.5. The van der Waals surface area contributed by atoms with E-state index in [2.05, 4.69) is 9.80 Å². The van der Waals surface area contributed by atoms with Gasteiger partial charge in [0.15, 0.2) is 0 Å². The van der Waals surface area contributed by atoms with E-state index >= 15 is 0 Å². The highest BCUT2D eigenvalue weighted by atomic mass is 19.1. The predicted octanol–water partition coefficient (Wildman–Crippen LogP) is 2.59. The monoisotopic (exact) mass is 383 g/mol. The zero-order valence-corrected chi connectivity index (χ0v) is 16.1. The number of hydrogen-bond acceptors (Lipinski definition) is 4. The largest absolute Gasteiger partial charge is 0.387 e. The molecule has 2 aromatic rings. The van der Waals surface area contributed by atoms with Crippen molar-refractivity contribution in [1.29, 1.82) is 0 Å². The van der Waals surface area contributed by atoms with Crippen LogP contribution in [0.5, 0.6) is 0 Å². The van der Waals surface area contributed by atoms with E-state index in [-0.39, 0.29) is 11.7 Å². The molecule has 1 fully saturated rings. The number of anilines is 2. The van der Waals surface area contributed by atoms with Gasteiger partial charge in [0.25, 0.3) is 0 Å². The van der Waals surface area contributed by atoms with Gasteiger partial charge in [-0.05, 0) is 47.9 Å². The molecule has 2 aliphatic rings. The van der Waals surface area contributed by atoms with E-state index in [0.29, 0.717) is 6.54 Å². The van der Waals surface area contributed by atoms with Crippen molar-refractivity contribution in [3.05, 3.63) is 59.4 Å².